The first-order valence-electron chi connectivity index (χ1n) is 6.72. The van der Waals surface area contributed by atoms with Crippen molar-refractivity contribution in [3.8, 4) is 5.75 Å². The van der Waals surface area contributed by atoms with Gasteiger partial charge in [-0.15, -0.1) is 0 Å². The Bertz CT molecular complexity index is 583. The summed E-state index contributed by atoms with van der Waals surface area (Å²) in [5.74, 6) is 0.927. The number of hydrogen-bond donors (Lipinski definition) is 1. The van der Waals surface area contributed by atoms with Crippen LogP contribution in [-0.2, 0) is 6.54 Å². The largest absolute Gasteiger partial charge is 0.496 e. The number of hydrogen-bond acceptors (Lipinski definition) is 2. The number of nitrogens with one attached hydrogen (secondary N) is 1. The molecule has 2 aromatic rings. The molecule has 1 N–H and O–H groups in total. The van der Waals surface area contributed by atoms with Gasteiger partial charge in [-0.2, -0.15) is 0 Å². The molecule has 0 saturated heterocycles. The van der Waals surface area contributed by atoms with Crippen molar-refractivity contribution in [1.29, 1.82) is 0 Å². The first kappa shape index (κ1) is 14.9. The standard InChI is InChI=1S/C17H20ClNO/c1-12-7-8-16(17(9-12)20-3)13(2)19-11-14-5-4-6-15(18)10-14/h4-10,13,19H,11H2,1-3H3. The number of methoxy groups -OCH3 is 1. The van der Waals surface area contributed by atoms with Crippen LogP contribution in [0.15, 0.2) is 42.5 Å². The fourth-order valence-electron chi connectivity index (χ4n) is 2.20. The van der Waals surface area contributed by atoms with Gasteiger partial charge >= 0.3 is 0 Å². The summed E-state index contributed by atoms with van der Waals surface area (Å²) < 4.78 is 5.46. The van der Waals surface area contributed by atoms with Gasteiger partial charge in [-0.1, -0.05) is 35.9 Å². The zero-order valence-electron chi connectivity index (χ0n) is 12.1. The van der Waals surface area contributed by atoms with Gasteiger partial charge in [0.1, 0.15) is 5.75 Å². The average molecular weight is 290 g/mol. The minimum Gasteiger partial charge on any atom is -0.496 e. The lowest BCUT2D eigenvalue weighted by Gasteiger charge is -2.18. The summed E-state index contributed by atoms with van der Waals surface area (Å²) in [5, 5.41) is 4.27. The van der Waals surface area contributed by atoms with E-state index in [2.05, 4.69) is 43.4 Å². The van der Waals surface area contributed by atoms with E-state index in [-0.39, 0.29) is 6.04 Å². The molecule has 0 amide bonds. The van der Waals surface area contributed by atoms with Gasteiger partial charge in [0.25, 0.3) is 0 Å². The summed E-state index contributed by atoms with van der Waals surface area (Å²) in [6.45, 7) is 4.98. The summed E-state index contributed by atoms with van der Waals surface area (Å²) >= 11 is 5.99. The second-order valence-corrected chi connectivity index (χ2v) is 5.41. The molecule has 1 atom stereocenters. The predicted molar refractivity (Wildman–Crippen MR) is 84.4 cm³/mol. The zero-order chi connectivity index (χ0) is 14.5. The normalized spacial score (nSPS) is 12.2. The van der Waals surface area contributed by atoms with E-state index >= 15 is 0 Å². The molecular weight excluding hydrogens is 270 g/mol. The fraction of sp³-hybridized carbons (Fsp3) is 0.294. The Morgan fingerprint density at radius 1 is 1.20 bits per heavy atom. The van der Waals surface area contributed by atoms with Crippen LogP contribution in [0.1, 0.15) is 29.7 Å². The highest BCUT2D eigenvalue weighted by Gasteiger charge is 2.11. The highest BCUT2D eigenvalue weighted by molar-refractivity contribution is 6.30. The van der Waals surface area contributed by atoms with Crippen LogP contribution in [-0.4, -0.2) is 7.11 Å². The highest BCUT2D eigenvalue weighted by Crippen LogP contribution is 2.26. The second kappa shape index (κ2) is 6.78. The molecule has 20 heavy (non-hydrogen) atoms. The Balaban J connectivity index is 2.07. The third-order valence-corrected chi connectivity index (χ3v) is 3.59. The molecule has 0 heterocycles. The van der Waals surface area contributed by atoms with Crippen molar-refractivity contribution in [3.63, 3.8) is 0 Å². The molecular formula is C17H20ClNO. The lowest BCUT2D eigenvalue weighted by Crippen LogP contribution is -2.18. The molecule has 0 aliphatic heterocycles. The quantitative estimate of drug-likeness (QED) is 0.874. The lowest BCUT2D eigenvalue weighted by atomic mass is 10.0. The van der Waals surface area contributed by atoms with Gasteiger partial charge < -0.3 is 10.1 Å². The van der Waals surface area contributed by atoms with Crippen LogP contribution < -0.4 is 10.1 Å². The van der Waals surface area contributed by atoms with Crippen LogP contribution in [0.3, 0.4) is 0 Å². The van der Waals surface area contributed by atoms with Crippen LogP contribution in [0.5, 0.6) is 5.75 Å². The SMILES string of the molecule is COc1cc(C)ccc1C(C)NCc1cccc(Cl)c1. The van der Waals surface area contributed by atoms with Gasteiger partial charge in [-0.3, -0.25) is 0 Å². The molecule has 0 radical (unpaired) electrons. The first-order valence-corrected chi connectivity index (χ1v) is 7.10. The molecule has 2 rings (SSSR count). The van der Waals surface area contributed by atoms with Crippen LogP contribution >= 0.6 is 11.6 Å². The van der Waals surface area contributed by atoms with Gasteiger partial charge in [0, 0.05) is 23.2 Å². The molecule has 0 aliphatic rings. The molecule has 0 fully saturated rings. The molecule has 0 bridgehead atoms. The minimum atomic E-state index is 0.213. The second-order valence-electron chi connectivity index (χ2n) is 4.98. The van der Waals surface area contributed by atoms with Gasteiger partial charge in [0.05, 0.1) is 7.11 Å². The first-order chi connectivity index (χ1) is 9.60. The number of benzene rings is 2. The van der Waals surface area contributed by atoms with Crippen LogP contribution in [0.4, 0.5) is 0 Å². The predicted octanol–water partition coefficient (Wildman–Crippen LogP) is 4.51. The van der Waals surface area contributed by atoms with Crippen molar-refractivity contribution >= 4 is 11.6 Å². The number of rotatable bonds is 5. The monoisotopic (exact) mass is 289 g/mol. The van der Waals surface area contributed by atoms with E-state index < -0.39 is 0 Å². The lowest BCUT2D eigenvalue weighted by molar-refractivity contribution is 0.401. The van der Waals surface area contributed by atoms with E-state index in [9.17, 15) is 0 Å². The van der Waals surface area contributed by atoms with Crippen LogP contribution in [0, 0.1) is 6.92 Å². The topological polar surface area (TPSA) is 21.3 Å². The van der Waals surface area contributed by atoms with E-state index in [0.717, 1.165) is 17.3 Å². The van der Waals surface area contributed by atoms with Crippen molar-refractivity contribution in [3.05, 3.63) is 64.2 Å². The molecule has 0 aromatic heterocycles. The Hall–Kier alpha value is -1.51. The number of halogens is 1. The molecule has 0 aliphatic carbocycles. The third-order valence-electron chi connectivity index (χ3n) is 3.36. The number of aryl methyl sites for hydroxylation is 1. The fourth-order valence-corrected chi connectivity index (χ4v) is 2.42. The maximum atomic E-state index is 5.99. The molecule has 106 valence electrons. The smallest absolute Gasteiger partial charge is 0.123 e. The maximum absolute atomic E-state index is 5.99. The van der Waals surface area contributed by atoms with Gasteiger partial charge in [-0.25, -0.2) is 0 Å². The van der Waals surface area contributed by atoms with Gasteiger partial charge in [-0.05, 0) is 43.2 Å². The Morgan fingerprint density at radius 2 is 2.00 bits per heavy atom. The molecule has 2 nitrogen and oxygen atoms in total. The average Bonchev–Trinajstić information content (AvgIpc) is 2.44. The van der Waals surface area contributed by atoms with E-state index in [4.69, 9.17) is 16.3 Å². The Kier molecular flexibility index (Phi) is 5.05. The van der Waals surface area contributed by atoms with Crippen molar-refractivity contribution in [2.24, 2.45) is 0 Å². The van der Waals surface area contributed by atoms with Crippen LogP contribution in [0.25, 0.3) is 0 Å². The van der Waals surface area contributed by atoms with Crippen molar-refractivity contribution in [2.45, 2.75) is 26.4 Å². The zero-order valence-corrected chi connectivity index (χ0v) is 12.9. The highest BCUT2D eigenvalue weighted by atomic mass is 35.5. The molecule has 2 aromatic carbocycles. The van der Waals surface area contributed by atoms with E-state index in [0.29, 0.717) is 0 Å². The third kappa shape index (κ3) is 3.75. The minimum absolute atomic E-state index is 0.213. The summed E-state index contributed by atoms with van der Waals surface area (Å²) in [6.07, 6.45) is 0. The van der Waals surface area contributed by atoms with Gasteiger partial charge in [0.2, 0.25) is 0 Å². The summed E-state index contributed by atoms with van der Waals surface area (Å²) in [6, 6.07) is 14.4. The van der Waals surface area contributed by atoms with Crippen LogP contribution in [0.2, 0.25) is 5.02 Å². The number of ether oxygens (including phenoxy) is 1. The Labute approximate surface area is 125 Å². The molecule has 1 unspecified atom stereocenters. The maximum Gasteiger partial charge on any atom is 0.123 e. The summed E-state index contributed by atoms with van der Waals surface area (Å²) in [4.78, 5) is 0. The van der Waals surface area contributed by atoms with Crippen molar-refractivity contribution in [2.75, 3.05) is 7.11 Å². The van der Waals surface area contributed by atoms with Gasteiger partial charge in [0.15, 0.2) is 0 Å². The molecule has 0 spiro atoms. The van der Waals surface area contributed by atoms with Crippen molar-refractivity contribution < 1.29 is 4.74 Å². The van der Waals surface area contributed by atoms with E-state index in [1.807, 2.05) is 18.2 Å². The van der Waals surface area contributed by atoms with E-state index in [1.165, 1.54) is 16.7 Å². The molecule has 0 saturated carbocycles. The summed E-state index contributed by atoms with van der Waals surface area (Å²) in [5.41, 5.74) is 3.54. The molecule has 3 heteroatoms. The van der Waals surface area contributed by atoms with Crippen molar-refractivity contribution in [1.82, 2.24) is 5.32 Å². The van der Waals surface area contributed by atoms with E-state index in [1.54, 1.807) is 7.11 Å². The summed E-state index contributed by atoms with van der Waals surface area (Å²) in [7, 11) is 1.71. The Morgan fingerprint density at radius 3 is 2.70 bits per heavy atom.